The number of rotatable bonds is 3. The predicted octanol–water partition coefficient (Wildman–Crippen LogP) is 5.96. The molecule has 2 heterocycles. The number of furan rings is 1. The molecule has 0 bridgehead atoms. The highest BCUT2D eigenvalue weighted by Crippen LogP contribution is 2.36. The number of para-hydroxylation sites is 1. The van der Waals surface area contributed by atoms with E-state index in [1.807, 2.05) is 66.7 Å². The van der Waals surface area contributed by atoms with Gasteiger partial charge in [-0.25, -0.2) is 0 Å². The highest BCUT2D eigenvalue weighted by molar-refractivity contribution is 14.1. The van der Waals surface area contributed by atoms with Crippen molar-refractivity contribution in [3.8, 4) is 11.3 Å². The van der Waals surface area contributed by atoms with Crippen LogP contribution in [0.5, 0.6) is 0 Å². The van der Waals surface area contributed by atoms with Crippen molar-refractivity contribution in [2.24, 2.45) is 0 Å². The lowest BCUT2D eigenvalue weighted by molar-refractivity contribution is -0.113. The number of thioether (sulfide) groups is 1. The van der Waals surface area contributed by atoms with Crippen LogP contribution in [-0.4, -0.2) is 10.2 Å². The van der Waals surface area contributed by atoms with Crippen LogP contribution in [-0.2, 0) is 4.79 Å². The minimum atomic E-state index is -0.126. The molecule has 3 aromatic rings. The molecule has 4 rings (SSSR count). The highest BCUT2D eigenvalue weighted by Gasteiger charge is 2.33. The van der Waals surface area contributed by atoms with E-state index >= 15 is 0 Å². The molecule has 1 fully saturated rings. The summed E-state index contributed by atoms with van der Waals surface area (Å²) < 4.78 is 7.58. The van der Waals surface area contributed by atoms with Crippen molar-refractivity contribution in [1.29, 1.82) is 0 Å². The van der Waals surface area contributed by atoms with Gasteiger partial charge in [-0.05, 0) is 59.0 Å². The Morgan fingerprint density at radius 2 is 1.73 bits per heavy atom. The molecule has 2 aromatic carbocycles. The van der Waals surface area contributed by atoms with Crippen LogP contribution >= 0.6 is 46.6 Å². The largest absolute Gasteiger partial charge is 0.457 e. The van der Waals surface area contributed by atoms with Crippen LogP contribution in [0.15, 0.2) is 76.1 Å². The molecule has 6 heteroatoms. The van der Waals surface area contributed by atoms with Crippen molar-refractivity contribution < 1.29 is 9.21 Å². The van der Waals surface area contributed by atoms with Crippen LogP contribution in [0.1, 0.15) is 5.76 Å². The second-order valence-electron chi connectivity index (χ2n) is 5.56. The number of hydrogen-bond donors (Lipinski definition) is 0. The molecule has 3 nitrogen and oxygen atoms in total. The van der Waals surface area contributed by atoms with E-state index in [0.29, 0.717) is 15.0 Å². The number of thiocarbonyl (C=S) groups is 1. The van der Waals surface area contributed by atoms with Gasteiger partial charge in [0.25, 0.3) is 5.91 Å². The van der Waals surface area contributed by atoms with Crippen molar-refractivity contribution in [2.75, 3.05) is 4.90 Å². The summed E-state index contributed by atoms with van der Waals surface area (Å²) in [6.45, 7) is 0. The van der Waals surface area contributed by atoms with E-state index in [1.54, 1.807) is 11.0 Å². The quantitative estimate of drug-likeness (QED) is 0.259. The first kappa shape index (κ1) is 17.5. The summed E-state index contributed by atoms with van der Waals surface area (Å²) in [7, 11) is 0. The maximum atomic E-state index is 12.7. The lowest BCUT2D eigenvalue weighted by atomic mass is 10.2. The van der Waals surface area contributed by atoms with Crippen LogP contribution in [0.2, 0.25) is 0 Å². The number of amides is 1. The topological polar surface area (TPSA) is 33.5 Å². The van der Waals surface area contributed by atoms with Gasteiger partial charge in [0.2, 0.25) is 0 Å². The fourth-order valence-electron chi connectivity index (χ4n) is 2.60. The molecule has 0 saturated carbocycles. The van der Waals surface area contributed by atoms with Crippen LogP contribution in [0, 0.1) is 3.57 Å². The number of anilines is 1. The van der Waals surface area contributed by atoms with E-state index in [-0.39, 0.29) is 5.91 Å². The Kier molecular flexibility index (Phi) is 4.97. The number of carbonyl (C=O) groups excluding carboxylic acids is 1. The second-order valence-corrected chi connectivity index (χ2v) is 8.48. The molecule has 1 amide bonds. The molecule has 128 valence electrons. The van der Waals surface area contributed by atoms with Gasteiger partial charge < -0.3 is 4.42 Å². The average Bonchev–Trinajstić information content (AvgIpc) is 3.21. The van der Waals surface area contributed by atoms with Crippen molar-refractivity contribution in [1.82, 2.24) is 0 Å². The minimum absolute atomic E-state index is 0.126. The Balaban J connectivity index is 1.60. The third kappa shape index (κ3) is 3.49. The van der Waals surface area contributed by atoms with E-state index in [9.17, 15) is 4.79 Å². The van der Waals surface area contributed by atoms with Crippen molar-refractivity contribution in [3.63, 3.8) is 0 Å². The molecule has 26 heavy (non-hydrogen) atoms. The van der Waals surface area contributed by atoms with Crippen molar-refractivity contribution >= 4 is 68.6 Å². The fourth-order valence-corrected chi connectivity index (χ4v) is 4.23. The van der Waals surface area contributed by atoms with E-state index < -0.39 is 0 Å². The van der Waals surface area contributed by atoms with Crippen LogP contribution in [0.25, 0.3) is 17.4 Å². The Morgan fingerprint density at radius 3 is 2.46 bits per heavy atom. The first-order valence-electron chi connectivity index (χ1n) is 7.80. The van der Waals surface area contributed by atoms with Gasteiger partial charge >= 0.3 is 0 Å². The molecule has 0 aliphatic carbocycles. The molecule has 0 radical (unpaired) electrons. The molecule has 1 saturated heterocycles. The molecule has 0 atom stereocenters. The average molecular weight is 489 g/mol. The molecule has 1 aliphatic rings. The minimum Gasteiger partial charge on any atom is -0.457 e. The fraction of sp³-hybridized carbons (Fsp3) is 0. The summed E-state index contributed by atoms with van der Waals surface area (Å²) >= 11 is 8.94. The Labute approximate surface area is 174 Å². The standard InChI is InChI=1S/C20H12INO2S2/c21-14-8-6-13(7-9-14)17-11-10-16(24-17)12-18-19(23)22(20(25)26-18)15-4-2-1-3-5-15/h1-12H/b18-12+. The van der Waals surface area contributed by atoms with Crippen LogP contribution in [0.4, 0.5) is 5.69 Å². The van der Waals surface area contributed by atoms with E-state index in [1.165, 1.54) is 15.3 Å². The number of hydrogen-bond acceptors (Lipinski definition) is 4. The van der Waals surface area contributed by atoms with E-state index in [4.69, 9.17) is 16.6 Å². The number of benzene rings is 2. The Morgan fingerprint density at radius 1 is 1.00 bits per heavy atom. The summed E-state index contributed by atoms with van der Waals surface area (Å²) in [4.78, 5) is 14.8. The van der Waals surface area contributed by atoms with Crippen LogP contribution in [0.3, 0.4) is 0 Å². The smallest absolute Gasteiger partial charge is 0.270 e. The molecular formula is C20H12INO2S2. The number of halogens is 1. The second kappa shape index (κ2) is 7.38. The molecule has 1 aromatic heterocycles. The van der Waals surface area contributed by atoms with E-state index in [0.717, 1.165) is 17.0 Å². The van der Waals surface area contributed by atoms with E-state index in [2.05, 4.69) is 22.6 Å². The zero-order valence-electron chi connectivity index (χ0n) is 13.4. The van der Waals surface area contributed by atoms with Crippen LogP contribution < -0.4 is 4.90 Å². The molecule has 0 N–H and O–H groups in total. The van der Waals surface area contributed by atoms with Gasteiger partial charge in [-0.1, -0.05) is 54.3 Å². The van der Waals surface area contributed by atoms with Gasteiger partial charge in [-0.2, -0.15) is 0 Å². The monoisotopic (exact) mass is 489 g/mol. The maximum Gasteiger partial charge on any atom is 0.270 e. The highest BCUT2D eigenvalue weighted by atomic mass is 127. The van der Waals surface area contributed by atoms with Gasteiger partial charge in [0.05, 0.1) is 10.6 Å². The van der Waals surface area contributed by atoms with Crippen molar-refractivity contribution in [3.05, 3.63) is 81.0 Å². The molecule has 0 spiro atoms. The maximum absolute atomic E-state index is 12.7. The van der Waals surface area contributed by atoms with Gasteiger partial charge in [0.1, 0.15) is 11.5 Å². The Hall–Kier alpha value is -1.90. The summed E-state index contributed by atoms with van der Waals surface area (Å²) in [6, 6.07) is 21.3. The summed E-state index contributed by atoms with van der Waals surface area (Å²) in [6.07, 6.45) is 1.75. The summed E-state index contributed by atoms with van der Waals surface area (Å²) in [5.74, 6) is 1.27. The zero-order chi connectivity index (χ0) is 18.1. The van der Waals surface area contributed by atoms with Gasteiger partial charge in [-0.15, -0.1) is 0 Å². The first-order valence-corrected chi connectivity index (χ1v) is 10.1. The summed E-state index contributed by atoms with van der Waals surface area (Å²) in [5.41, 5.74) is 1.78. The van der Waals surface area contributed by atoms with Gasteiger partial charge in [0.15, 0.2) is 4.32 Å². The molecule has 1 aliphatic heterocycles. The first-order chi connectivity index (χ1) is 12.6. The Bertz CT molecular complexity index is 1010. The lowest BCUT2D eigenvalue weighted by Gasteiger charge is -2.13. The normalized spacial score (nSPS) is 15.9. The van der Waals surface area contributed by atoms with Crippen molar-refractivity contribution in [2.45, 2.75) is 0 Å². The van der Waals surface area contributed by atoms with Gasteiger partial charge in [-0.3, -0.25) is 9.69 Å². The third-order valence-electron chi connectivity index (χ3n) is 3.84. The zero-order valence-corrected chi connectivity index (χ0v) is 17.2. The number of nitrogens with zero attached hydrogens (tertiary/aromatic N) is 1. The number of carbonyl (C=O) groups is 1. The lowest BCUT2D eigenvalue weighted by Crippen LogP contribution is -2.27. The van der Waals surface area contributed by atoms with Gasteiger partial charge in [0, 0.05) is 15.2 Å². The predicted molar refractivity (Wildman–Crippen MR) is 119 cm³/mol. The molecule has 0 unspecified atom stereocenters. The summed E-state index contributed by atoms with van der Waals surface area (Å²) in [5, 5.41) is 0. The third-order valence-corrected chi connectivity index (χ3v) is 5.86. The SMILES string of the molecule is O=C1/C(=C\c2ccc(-c3ccc(I)cc3)o2)SC(=S)N1c1ccccc1. The molecular weight excluding hydrogens is 477 g/mol.